The van der Waals surface area contributed by atoms with Crippen LogP contribution in [0.25, 0.3) is 0 Å². The summed E-state index contributed by atoms with van der Waals surface area (Å²) in [5.41, 5.74) is 0. The van der Waals surface area contributed by atoms with Crippen LogP contribution in [-0.4, -0.2) is 36.0 Å². The number of hydrogen-bond acceptors (Lipinski definition) is 2. The number of nitrogens with one attached hydrogen (secondary N) is 1. The Hall–Kier alpha value is -0.260. The van der Waals surface area contributed by atoms with E-state index in [0.717, 1.165) is 13.1 Å². The molecule has 0 spiro atoms. The molecule has 0 saturated heterocycles. The molecule has 2 rings (SSSR count). The second-order valence-corrected chi connectivity index (χ2v) is 2.32. The predicted octanol–water partition coefficient (Wildman–Crippen LogP) is -4.84. The summed E-state index contributed by atoms with van der Waals surface area (Å²) in [6.07, 6.45) is 4.15. The van der Waals surface area contributed by atoms with E-state index in [0.29, 0.717) is 0 Å². The molecule has 2 aliphatic rings. The summed E-state index contributed by atoms with van der Waals surface area (Å²) < 4.78 is 0. The Morgan fingerprint density at radius 3 is 3.10 bits per heavy atom. The minimum absolute atomic E-state index is 0. The standard InChI is InChI=1S/C6H9N3.HI/c1-8-4-2-6-7-3-5-9(6)8;/h2,4H,3,5H2,1H3;1H. The van der Waals surface area contributed by atoms with Crippen LogP contribution >= 0.6 is 0 Å². The van der Waals surface area contributed by atoms with E-state index in [-0.39, 0.29) is 24.0 Å². The highest BCUT2D eigenvalue weighted by molar-refractivity contribution is 5.89. The van der Waals surface area contributed by atoms with Gasteiger partial charge >= 0.3 is 0 Å². The summed E-state index contributed by atoms with van der Waals surface area (Å²) in [6, 6.07) is 0. The third-order valence-corrected chi connectivity index (χ3v) is 1.74. The third-order valence-electron chi connectivity index (χ3n) is 1.74. The predicted molar refractivity (Wildman–Crippen MR) is 34.4 cm³/mol. The SMILES string of the molecule is CN1C=CC2=[NH+]CCN21.[I-]. The molecule has 2 aliphatic heterocycles. The molecule has 0 atom stereocenters. The molecule has 3 nitrogen and oxygen atoms in total. The minimum Gasteiger partial charge on any atom is -1.00 e. The zero-order valence-corrected chi connectivity index (χ0v) is 8.00. The van der Waals surface area contributed by atoms with Gasteiger partial charge in [0.1, 0.15) is 13.1 Å². The average Bonchev–Trinajstić information content (AvgIpc) is 2.35. The number of fused-ring (bicyclic) bond motifs is 1. The maximum Gasteiger partial charge on any atom is 0.295 e. The van der Waals surface area contributed by atoms with Crippen LogP contribution in [0.2, 0.25) is 0 Å². The first-order chi connectivity index (χ1) is 4.38. The molecule has 0 fully saturated rings. The first-order valence-corrected chi connectivity index (χ1v) is 3.17. The fraction of sp³-hybridized carbons (Fsp3) is 0.500. The van der Waals surface area contributed by atoms with Crippen molar-refractivity contribution in [3.63, 3.8) is 0 Å². The van der Waals surface area contributed by atoms with Crippen LogP contribution in [0.1, 0.15) is 0 Å². The Balaban J connectivity index is 0.000000500. The molecule has 2 heterocycles. The first kappa shape index (κ1) is 7.84. The lowest BCUT2D eigenvalue weighted by atomic mass is 10.6. The summed E-state index contributed by atoms with van der Waals surface area (Å²) in [4.78, 5) is 3.26. The van der Waals surface area contributed by atoms with Gasteiger partial charge < -0.3 is 24.0 Å². The normalized spacial score (nSPS) is 20.7. The smallest absolute Gasteiger partial charge is 0.295 e. The number of rotatable bonds is 0. The number of hydrazine groups is 1. The van der Waals surface area contributed by atoms with E-state index in [9.17, 15) is 0 Å². The average molecular weight is 251 g/mol. The molecule has 56 valence electrons. The molecule has 4 heteroatoms. The van der Waals surface area contributed by atoms with Gasteiger partial charge in [0.25, 0.3) is 5.84 Å². The summed E-state index contributed by atoms with van der Waals surface area (Å²) in [6.45, 7) is 2.17. The lowest BCUT2D eigenvalue weighted by molar-refractivity contribution is -0.443. The monoisotopic (exact) mass is 251 g/mol. The fourth-order valence-electron chi connectivity index (χ4n) is 1.23. The summed E-state index contributed by atoms with van der Waals surface area (Å²) in [5.74, 6) is 1.23. The van der Waals surface area contributed by atoms with E-state index in [4.69, 9.17) is 0 Å². The van der Waals surface area contributed by atoms with Crippen LogP contribution in [0, 0.1) is 0 Å². The van der Waals surface area contributed by atoms with Crippen molar-refractivity contribution in [1.29, 1.82) is 0 Å². The van der Waals surface area contributed by atoms with Crippen molar-refractivity contribution in [3.05, 3.63) is 12.3 Å². The highest BCUT2D eigenvalue weighted by Gasteiger charge is 2.29. The molecule has 0 radical (unpaired) electrons. The van der Waals surface area contributed by atoms with Crippen LogP contribution in [0.5, 0.6) is 0 Å². The Labute approximate surface area is 77.4 Å². The van der Waals surface area contributed by atoms with Gasteiger partial charge in [0, 0.05) is 19.3 Å². The highest BCUT2D eigenvalue weighted by atomic mass is 127. The Morgan fingerprint density at radius 2 is 2.40 bits per heavy atom. The van der Waals surface area contributed by atoms with E-state index in [1.54, 1.807) is 0 Å². The van der Waals surface area contributed by atoms with Gasteiger partial charge in [0.05, 0.1) is 0 Å². The number of halogens is 1. The van der Waals surface area contributed by atoms with E-state index in [1.807, 2.05) is 0 Å². The summed E-state index contributed by atoms with van der Waals surface area (Å²) in [5, 5.41) is 4.30. The second kappa shape index (κ2) is 2.77. The summed E-state index contributed by atoms with van der Waals surface area (Å²) in [7, 11) is 2.05. The van der Waals surface area contributed by atoms with Crippen molar-refractivity contribution >= 4 is 5.84 Å². The molecule has 0 aromatic heterocycles. The maximum atomic E-state index is 3.26. The summed E-state index contributed by atoms with van der Waals surface area (Å²) >= 11 is 0. The van der Waals surface area contributed by atoms with Gasteiger partial charge in [-0.2, -0.15) is 5.01 Å². The Kier molecular flexibility index (Phi) is 2.18. The first-order valence-electron chi connectivity index (χ1n) is 3.17. The third kappa shape index (κ3) is 1.00. The van der Waals surface area contributed by atoms with Gasteiger partial charge in [-0.1, -0.05) is 0 Å². The second-order valence-electron chi connectivity index (χ2n) is 2.32. The molecular formula is C6H10IN3. The lowest BCUT2D eigenvalue weighted by Gasteiger charge is -2.13. The van der Waals surface area contributed by atoms with Gasteiger partial charge in [-0.15, -0.1) is 0 Å². The molecule has 0 unspecified atom stereocenters. The van der Waals surface area contributed by atoms with Gasteiger partial charge in [-0.05, 0) is 0 Å². The lowest BCUT2D eigenvalue weighted by Crippen LogP contribution is -3.00. The van der Waals surface area contributed by atoms with E-state index in [2.05, 4.69) is 34.3 Å². The largest absolute Gasteiger partial charge is 1.00 e. The van der Waals surface area contributed by atoms with Crippen molar-refractivity contribution in [2.24, 2.45) is 0 Å². The minimum atomic E-state index is 0. The molecule has 0 aromatic rings. The fourth-order valence-corrected chi connectivity index (χ4v) is 1.23. The Bertz CT molecular complexity index is 187. The molecule has 0 saturated carbocycles. The van der Waals surface area contributed by atoms with Gasteiger partial charge in [-0.3, -0.25) is 4.99 Å². The molecule has 0 amide bonds. The van der Waals surface area contributed by atoms with Crippen LogP contribution < -0.4 is 29.0 Å². The number of hydrogen-bond donors (Lipinski definition) is 1. The van der Waals surface area contributed by atoms with E-state index >= 15 is 0 Å². The van der Waals surface area contributed by atoms with E-state index in [1.165, 1.54) is 5.84 Å². The number of nitrogens with zero attached hydrogens (tertiary/aromatic N) is 2. The molecular weight excluding hydrogens is 241 g/mol. The zero-order chi connectivity index (χ0) is 6.27. The highest BCUT2D eigenvalue weighted by Crippen LogP contribution is 2.04. The zero-order valence-electron chi connectivity index (χ0n) is 5.84. The van der Waals surface area contributed by atoms with E-state index < -0.39 is 0 Å². The van der Waals surface area contributed by atoms with Crippen molar-refractivity contribution in [3.8, 4) is 0 Å². The molecule has 10 heavy (non-hydrogen) atoms. The quantitative estimate of drug-likeness (QED) is 0.436. The van der Waals surface area contributed by atoms with Gasteiger partial charge in [0.15, 0.2) is 0 Å². The van der Waals surface area contributed by atoms with Crippen molar-refractivity contribution in [1.82, 2.24) is 10.0 Å². The molecule has 0 bridgehead atoms. The topological polar surface area (TPSA) is 20.5 Å². The van der Waals surface area contributed by atoms with Crippen molar-refractivity contribution in [2.45, 2.75) is 0 Å². The van der Waals surface area contributed by atoms with Crippen LogP contribution in [0.15, 0.2) is 12.3 Å². The van der Waals surface area contributed by atoms with Crippen LogP contribution in [-0.2, 0) is 0 Å². The molecule has 0 aromatic carbocycles. The van der Waals surface area contributed by atoms with Crippen molar-refractivity contribution in [2.75, 3.05) is 20.1 Å². The van der Waals surface area contributed by atoms with Crippen LogP contribution in [0.4, 0.5) is 0 Å². The van der Waals surface area contributed by atoms with Gasteiger partial charge in [-0.25, -0.2) is 5.01 Å². The number of amidine groups is 1. The van der Waals surface area contributed by atoms with Crippen LogP contribution in [0.3, 0.4) is 0 Å². The van der Waals surface area contributed by atoms with Crippen molar-refractivity contribution < 1.29 is 29.0 Å². The maximum absolute atomic E-state index is 3.26. The molecule has 1 N–H and O–H groups in total. The molecule has 0 aliphatic carbocycles. The Morgan fingerprint density at radius 1 is 1.60 bits per heavy atom. The van der Waals surface area contributed by atoms with Gasteiger partial charge in [0.2, 0.25) is 0 Å².